The van der Waals surface area contributed by atoms with Crippen molar-refractivity contribution in [2.24, 2.45) is 0 Å². The molecular formula is C19H17NO3. The van der Waals surface area contributed by atoms with Crippen LogP contribution in [0.25, 0.3) is 11.8 Å². The lowest BCUT2D eigenvalue weighted by Gasteiger charge is -2.31. The van der Waals surface area contributed by atoms with Crippen LogP contribution in [0.2, 0.25) is 0 Å². The Bertz CT molecular complexity index is 805. The van der Waals surface area contributed by atoms with E-state index in [0.717, 1.165) is 16.7 Å². The third-order valence-corrected chi connectivity index (χ3v) is 3.94. The molecule has 0 N–H and O–H groups in total. The summed E-state index contributed by atoms with van der Waals surface area (Å²) in [7, 11) is 3.16. The molecule has 1 aliphatic heterocycles. The summed E-state index contributed by atoms with van der Waals surface area (Å²) in [6.45, 7) is 1.76. The minimum absolute atomic E-state index is 0.577. The van der Waals surface area contributed by atoms with E-state index >= 15 is 0 Å². The molecule has 1 aliphatic rings. The second-order valence-electron chi connectivity index (χ2n) is 5.42. The number of methoxy groups -OCH3 is 2. The Balaban J connectivity index is 2.21. The van der Waals surface area contributed by atoms with E-state index < -0.39 is 5.60 Å². The highest BCUT2D eigenvalue weighted by Crippen LogP contribution is 2.43. The molecule has 3 rings (SSSR count). The molecule has 0 aliphatic carbocycles. The molecule has 2 aromatic carbocycles. The molecule has 0 saturated carbocycles. The van der Waals surface area contributed by atoms with Gasteiger partial charge in [-0.3, -0.25) is 0 Å². The van der Waals surface area contributed by atoms with E-state index in [9.17, 15) is 5.26 Å². The van der Waals surface area contributed by atoms with Crippen molar-refractivity contribution in [1.29, 1.82) is 5.26 Å². The molecule has 0 bridgehead atoms. The predicted molar refractivity (Wildman–Crippen MR) is 87.9 cm³/mol. The zero-order valence-corrected chi connectivity index (χ0v) is 13.3. The second kappa shape index (κ2) is 5.69. The van der Waals surface area contributed by atoms with Crippen LogP contribution in [0.3, 0.4) is 0 Å². The highest BCUT2D eigenvalue weighted by Gasteiger charge is 2.36. The number of fused-ring (bicyclic) bond motifs is 1. The van der Waals surface area contributed by atoms with E-state index in [1.54, 1.807) is 27.2 Å². The van der Waals surface area contributed by atoms with Crippen molar-refractivity contribution in [2.75, 3.05) is 14.2 Å². The maximum absolute atomic E-state index is 9.68. The molecule has 0 aromatic heterocycles. The molecule has 0 saturated heterocycles. The molecule has 0 spiro atoms. The Morgan fingerprint density at radius 3 is 2.30 bits per heavy atom. The molecule has 1 unspecified atom stereocenters. The number of nitrogens with zero attached hydrogens (tertiary/aromatic N) is 1. The normalized spacial score (nSPS) is 19.0. The molecule has 4 heteroatoms. The smallest absolute Gasteiger partial charge is 0.217 e. The zero-order valence-electron chi connectivity index (χ0n) is 13.3. The number of rotatable bonds is 3. The Labute approximate surface area is 135 Å². The lowest BCUT2D eigenvalue weighted by molar-refractivity contribution is 0.111. The molecule has 23 heavy (non-hydrogen) atoms. The van der Waals surface area contributed by atoms with Gasteiger partial charge in [0.1, 0.15) is 11.8 Å². The monoisotopic (exact) mass is 307 g/mol. The third kappa shape index (κ3) is 2.51. The summed E-state index contributed by atoms with van der Waals surface area (Å²) >= 11 is 0. The Morgan fingerprint density at radius 1 is 1.04 bits per heavy atom. The van der Waals surface area contributed by atoms with Crippen LogP contribution in [0.4, 0.5) is 0 Å². The summed E-state index contributed by atoms with van der Waals surface area (Å²) in [5.74, 6) is 1.86. The zero-order chi connectivity index (χ0) is 16.4. The first kappa shape index (κ1) is 15.0. The maximum Gasteiger partial charge on any atom is 0.217 e. The number of ether oxygens (including phenoxy) is 3. The SMILES string of the molecule is COc1cc2c(cc1OC)C(C)(C#N)OC(c1ccccc1)=C2. The third-order valence-electron chi connectivity index (χ3n) is 3.94. The van der Waals surface area contributed by atoms with Gasteiger partial charge in [0, 0.05) is 11.1 Å². The van der Waals surface area contributed by atoms with Gasteiger partial charge in [0.15, 0.2) is 11.5 Å². The van der Waals surface area contributed by atoms with Crippen molar-refractivity contribution < 1.29 is 14.2 Å². The van der Waals surface area contributed by atoms with Crippen molar-refractivity contribution in [3.63, 3.8) is 0 Å². The number of nitriles is 1. The van der Waals surface area contributed by atoms with Crippen LogP contribution in [0.15, 0.2) is 42.5 Å². The molecule has 1 atom stereocenters. The van der Waals surface area contributed by atoms with Crippen LogP contribution >= 0.6 is 0 Å². The van der Waals surface area contributed by atoms with E-state index in [-0.39, 0.29) is 0 Å². The van der Waals surface area contributed by atoms with Crippen molar-refractivity contribution in [3.8, 4) is 17.6 Å². The van der Waals surface area contributed by atoms with Gasteiger partial charge in [0.2, 0.25) is 5.60 Å². The molecule has 4 nitrogen and oxygen atoms in total. The van der Waals surface area contributed by atoms with Crippen LogP contribution in [0.5, 0.6) is 11.5 Å². The predicted octanol–water partition coefficient (Wildman–Crippen LogP) is 3.97. The van der Waals surface area contributed by atoms with Gasteiger partial charge < -0.3 is 14.2 Å². The van der Waals surface area contributed by atoms with E-state index in [0.29, 0.717) is 17.3 Å². The van der Waals surface area contributed by atoms with Gasteiger partial charge in [-0.15, -0.1) is 0 Å². The first-order valence-electron chi connectivity index (χ1n) is 7.25. The lowest BCUT2D eigenvalue weighted by atomic mass is 9.88. The van der Waals surface area contributed by atoms with Crippen molar-refractivity contribution in [2.45, 2.75) is 12.5 Å². The number of benzene rings is 2. The second-order valence-corrected chi connectivity index (χ2v) is 5.42. The van der Waals surface area contributed by atoms with Gasteiger partial charge >= 0.3 is 0 Å². The summed E-state index contributed by atoms with van der Waals surface area (Å²) in [5.41, 5.74) is 1.48. The number of hydrogen-bond acceptors (Lipinski definition) is 4. The molecular weight excluding hydrogens is 290 g/mol. The Kier molecular flexibility index (Phi) is 3.71. The highest BCUT2D eigenvalue weighted by molar-refractivity contribution is 5.82. The number of hydrogen-bond donors (Lipinski definition) is 0. The van der Waals surface area contributed by atoms with E-state index in [1.165, 1.54) is 0 Å². The van der Waals surface area contributed by atoms with E-state index in [1.807, 2.05) is 42.5 Å². The summed E-state index contributed by atoms with van der Waals surface area (Å²) in [6, 6.07) is 15.7. The average Bonchev–Trinajstić information content (AvgIpc) is 2.61. The summed E-state index contributed by atoms with van der Waals surface area (Å²) < 4.78 is 16.7. The molecule has 1 heterocycles. The van der Waals surface area contributed by atoms with E-state index in [4.69, 9.17) is 14.2 Å². The van der Waals surface area contributed by atoms with Gasteiger partial charge in [-0.2, -0.15) is 5.26 Å². The van der Waals surface area contributed by atoms with Crippen molar-refractivity contribution >= 4 is 11.8 Å². The quantitative estimate of drug-likeness (QED) is 0.861. The molecule has 0 radical (unpaired) electrons. The molecule has 116 valence electrons. The largest absolute Gasteiger partial charge is 0.493 e. The molecule has 0 amide bonds. The minimum Gasteiger partial charge on any atom is -0.493 e. The topological polar surface area (TPSA) is 51.5 Å². The van der Waals surface area contributed by atoms with Gasteiger partial charge in [-0.25, -0.2) is 0 Å². The van der Waals surface area contributed by atoms with Crippen LogP contribution < -0.4 is 9.47 Å². The maximum atomic E-state index is 9.68. The van der Waals surface area contributed by atoms with Crippen molar-refractivity contribution in [3.05, 3.63) is 59.2 Å². The fraction of sp³-hybridized carbons (Fsp3) is 0.211. The Hall–Kier alpha value is -2.93. The lowest BCUT2D eigenvalue weighted by Crippen LogP contribution is -2.27. The van der Waals surface area contributed by atoms with Gasteiger partial charge in [-0.1, -0.05) is 30.3 Å². The van der Waals surface area contributed by atoms with Crippen LogP contribution in [-0.2, 0) is 10.3 Å². The van der Waals surface area contributed by atoms with Gasteiger partial charge in [0.05, 0.1) is 14.2 Å². The van der Waals surface area contributed by atoms with E-state index in [2.05, 4.69) is 6.07 Å². The summed E-state index contributed by atoms with van der Waals surface area (Å²) in [6.07, 6.45) is 1.92. The van der Waals surface area contributed by atoms with Crippen LogP contribution in [0, 0.1) is 11.3 Å². The first-order valence-corrected chi connectivity index (χ1v) is 7.25. The van der Waals surface area contributed by atoms with Gasteiger partial charge in [-0.05, 0) is 30.7 Å². The Morgan fingerprint density at radius 2 is 1.70 bits per heavy atom. The van der Waals surface area contributed by atoms with Crippen LogP contribution in [0.1, 0.15) is 23.6 Å². The first-order chi connectivity index (χ1) is 11.1. The minimum atomic E-state index is -1.09. The molecule has 2 aromatic rings. The summed E-state index contributed by atoms with van der Waals surface area (Å²) in [4.78, 5) is 0. The average molecular weight is 307 g/mol. The summed E-state index contributed by atoms with van der Waals surface area (Å²) in [5, 5.41) is 9.68. The fourth-order valence-electron chi connectivity index (χ4n) is 2.70. The fourth-order valence-corrected chi connectivity index (χ4v) is 2.70. The molecule has 0 fully saturated rings. The standard InChI is InChI=1S/C19H17NO3/c1-19(12-20)15-11-18(22-3)17(21-2)10-14(15)9-16(23-19)13-7-5-4-6-8-13/h4-11H,1-3H3. The highest BCUT2D eigenvalue weighted by atomic mass is 16.5. The van der Waals surface area contributed by atoms with Crippen molar-refractivity contribution in [1.82, 2.24) is 0 Å². The van der Waals surface area contributed by atoms with Gasteiger partial charge in [0.25, 0.3) is 0 Å². The van der Waals surface area contributed by atoms with Crippen LogP contribution in [-0.4, -0.2) is 14.2 Å².